The van der Waals surface area contributed by atoms with Crippen molar-refractivity contribution in [1.82, 2.24) is 9.62 Å². The minimum Gasteiger partial charge on any atom is -0.317 e. The molecule has 0 amide bonds. The van der Waals surface area contributed by atoms with Crippen LogP contribution in [0, 0.1) is 0 Å². The molecule has 1 atom stereocenters. The number of rotatable bonds is 4. The van der Waals surface area contributed by atoms with Gasteiger partial charge in [0.05, 0.1) is 11.0 Å². The van der Waals surface area contributed by atoms with Gasteiger partial charge in [0, 0.05) is 18.2 Å². The van der Waals surface area contributed by atoms with Crippen LogP contribution in [0.2, 0.25) is 0 Å². The Balaban J connectivity index is 2.26. The first-order valence-corrected chi connectivity index (χ1v) is 7.96. The summed E-state index contributed by atoms with van der Waals surface area (Å²) >= 11 is 0. The molecule has 1 aliphatic heterocycles. The molecule has 0 spiro atoms. The first-order chi connectivity index (χ1) is 8.64. The number of hydrogen-bond donors (Lipinski definition) is 1. The summed E-state index contributed by atoms with van der Waals surface area (Å²) < 4.78 is 13.6. The van der Waals surface area contributed by atoms with Crippen molar-refractivity contribution in [3.63, 3.8) is 0 Å². The Labute approximate surface area is 112 Å². The van der Waals surface area contributed by atoms with E-state index in [4.69, 9.17) is 0 Å². The lowest BCUT2D eigenvalue weighted by molar-refractivity contribution is 0.261. The molecule has 0 radical (unpaired) electrons. The minimum atomic E-state index is -0.899. The van der Waals surface area contributed by atoms with E-state index in [9.17, 15) is 4.21 Å². The SMILES string of the molecule is CN(CC1(c2ccccc2)CCNCC1)S(C)=O. The fourth-order valence-corrected chi connectivity index (χ4v) is 3.18. The highest BCUT2D eigenvalue weighted by Gasteiger charge is 2.35. The molecule has 3 nitrogen and oxygen atoms in total. The smallest absolute Gasteiger partial charge is 0.0908 e. The summed E-state index contributed by atoms with van der Waals surface area (Å²) in [5, 5.41) is 3.42. The van der Waals surface area contributed by atoms with Gasteiger partial charge in [-0.1, -0.05) is 30.3 Å². The Hall–Kier alpha value is -0.710. The molecule has 1 saturated heterocycles. The highest BCUT2D eigenvalue weighted by molar-refractivity contribution is 7.81. The number of benzene rings is 1. The molecule has 1 N–H and O–H groups in total. The van der Waals surface area contributed by atoms with Crippen molar-refractivity contribution in [1.29, 1.82) is 0 Å². The normalized spacial score (nSPS) is 20.8. The Morgan fingerprint density at radius 3 is 2.44 bits per heavy atom. The third-order valence-electron chi connectivity index (χ3n) is 3.91. The van der Waals surface area contributed by atoms with E-state index >= 15 is 0 Å². The van der Waals surface area contributed by atoms with Crippen molar-refractivity contribution >= 4 is 11.0 Å². The van der Waals surface area contributed by atoms with Crippen LogP contribution in [0.1, 0.15) is 18.4 Å². The zero-order valence-corrected chi connectivity index (χ0v) is 12.0. The monoisotopic (exact) mass is 266 g/mol. The van der Waals surface area contributed by atoms with E-state index in [2.05, 4.69) is 35.6 Å². The lowest BCUT2D eigenvalue weighted by atomic mass is 9.73. The molecule has 0 saturated carbocycles. The standard InChI is InChI=1S/C14H22N2OS/c1-16(18(2)17)12-14(8-10-15-11-9-14)13-6-4-3-5-7-13/h3-7,15H,8-12H2,1-2H3. The highest BCUT2D eigenvalue weighted by atomic mass is 32.2. The molecule has 1 heterocycles. The summed E-state index contributed by atoms with van der Waals surface area (Å²) in [5.41, 5.74) is 1.52. The van der Waals surface area contributed by atoms with Gasteiger partial charge in [0.15, 0.2) is 0 Å². The van der Waals surface area contributed by atoms with Crippen LogP contribution in [0.15, 0.2) is 30.3 Å². The average Bonchev–Trinajstić information content (AvgIpc) is 2.40. The molecule has 1 aliphatic rings. The third kappa shape index (κ3) is 2.99. The van der Waals surface area contributed by atoms with Crippen LogP contribution in [-0.2, 0) is 16.4 Å². The lowest BCUT2D eigenvalue weighted by Crippen LogP contribution is -2.47. The van der Waals surface area contributed by atoms with E-state index in [0.717, 1.165) is 32.5 Å². The minimum absolute atomic E-state index is 0.146. The van der Waals surface area contributed by atoms with Gasteiger partial charge in [0.2, 0.25) is 0 Å². The van der Waals surface area contributed by atoms with Gasteiger partial charge in [-0.25, -0.2) is 8.51 Å². The van der Waals surface area contributed by atoms with E-state index in [1.54, 1.807) is 6.26 Å². The van der Waals surface area contributed by atoms with Crippen LogP contribution in [0.3, 0.4) is 0 Å². The van der Waals surface area contributed by atoms with Gasteiger partial charge in [-0.05, 0) is 38.5 Å². The summed E-state index contributed by atoms with van der Waals surface area (Å²) in [6, 6.07) is 10.7. The van der Waals surface area contributed by atoms with E-state index in [1.807, 2.05) is 11.4 Å². The Morgan fingerprint density at radius 2 is 1.89 bits per heavy atom. The average molecular weight is 266 g/mol. The maximum atomic E-state index is 11.6. The van der Waals surface area contributed by atoms with Crippen LogP contribution in [0.4, 0.5) is 0 Å². The van der Waals surface area contributed by atoms with Gasteiger partial charge < -0.3 is 5.32 Å². The molecule has 0 bridgehead atoms. The van der Waals surface area contributed by atoms with Crippen molar-refractivity contribution < 1.29 is 4.21 Å². The molecule has 1 fully saturated rings. The molecule has 1 aromatic rings. The largest absolute Gasteiger partial charge is 0.317 e. The number of nitrogens with one attached hydrogen (secondary N) is 1. The summed E-state index contributed by atoms with van der Waals surface area (Å²) in [6.07, 6.45) is 3.97. The van der Waals surface area contributed by atoms with E-state index < -0.39 is 11.0 Å². The van der Waals surface area contributed by atoms with E-state index in [-0.39, 0.29) is 5.41 Å². The topological polar surface area (TPSA) is 32.3 Å². The summed E-state index contributed by atoms with van der Waals surface area (Å²) in [4.78, 5) is 0. The second-order valence-corrected chi connectivity index (χ2v) is 6.58. The van der Waals surface area contributed by atoms with Gasteiger partial charge in [0.1, 0.15) is 0 Å². The molecule has 1 aromatic carbocycles. The molecule has 0 aromatic heterocycles. The molecular weight excluding hydrogens is 244 g/mol. The zero-order valence-electron chi connectivity index (χ0n) is 11.2. The quantitative estimate of drug-likeness (QED) is 0.896. The zero-order chi connectivity index (χ0) is 13.0. The van der Waals surface area contributed by atoms with Crippen molar-refractivity contribution in [2.75, 3.05) is 32.9 Å². The van der Waals surface area contributed by atoms with Crippen molar-refractivity contribution in [2.24, 2.45) is 0 Å². The fourth-order valence-electron chi connectivity index (χ4n) is 2.75. The maximum absolute atomic E-state index is 11.6. The lowest BCUT2D eigenvalue weighted by Gasteiger charge is -2.40. The van der Waals surface area contributed by atoms with E-state index in [0.29, 0.717) is 0 Å². The summed E-state index contributed by atoms with van der Waals surface area (Å²) in [7, 11) is 1.05. The third-order valence-corrected chi connectivity index (χ3v) is 4.92. The summed E-state index contributed by atoms with van der Waals surface area (Å²) in [6.45, 7) is 2.94. The molecule has 1 unspecified atom stereocenters. The first kappa shape index (κ1) is 13.7. The Bertz CT molecular complexity index is 402. The van der Waals surface area contributed by atoms with Crippen LogP contribution < -0.4 is 5.32 Å². The van der Waals surface area contributed by atoms with Gasteiger partial charge in [-0.2, -0.15) is 0 Å². The van der Waals surface area contributed by atoms with Gasteiger partial charge in [-0.3, -0.25) is 0 Å². The van der Waals surface area contributed by atoms with Gasteiger partial charge in [0.25, 0.3) is 0 Å². The molecule has 0 aliphatic carbocycles. The van der Waals surface area contributed by atoms with Crippen molar-refractivity contribution in [2.45, 2.75) is 18.3 Å². The molecule has 2 rings (SSSR count). The van der Waals surface area contributed by atoms with Crippen LogP contribution in [0.5, 0.6) is 0 Å². The number of piperidine rings is 1. The van der Waals surface area contributed by atoms with Gasteiger partial charge >= 0.3 is 0 Å². The van der Waals surface area contributed by atoms with E-state index in [1.165, 1.54) is 5.56 Å². The van der Waals surface area contributed by atoms with Crippen molar-refractivity contribution in [3.8, 4) is 0 Å². The van der Waals surface area contributed by atoms with Crippen molar-refractivity contribution in [3.05, 3.63) is 35.9 Å². The Morgan fingerprint density at radius 1 is 1.28 bits per heavy atom. The number of likely N-dealkylation sites (N-methyl/N-ethyl adjacent to an activating group) is 1. The highest BCUT2D eigenvalue weighted by Crippen LogP contribution is 2.34. The second kappa shape index (κ2) is 5.95. The molecular formula is C14H22N2OS. The first-order valence-electron chi connectivity index (χ1n) is 6.45. The molecule has 18 heavy (non-hydrogen) atoms. The fraction of sp³-hybridized carbons (Fsp3) is 0.571. The van der Waals surface area contributed by atoms with Gasteiger partial charge in [-0.15, -0.1) is 0 Å². The number of nitrogens with zero attached hydrogens (tertiary/aromatic N) is 1. The summed E-state index contributed by atoms with van der Waals surface area (Å²) in [5.74, 6) is 0. The molecule has 100 valence electrons. The predicted octanol–water partition coefficient (Wildman–Crippen LogP) is 1.53. The Kier molecular flexibility index (Phi) is 4.54. The predicted molar refractivity (Wildman–Crippen MR) is 76.9 cm³/mol. The van der Waals surface area contributed by atoms with Crippen LogP contribution >= 0.6 is 0 Å². The number of hydrogen-bond acceptors (Lipinski definition) is 2. The maximum Gasteiger partial charge on any atom is 0.0908 e. The molecule has 4 heteroatoms. The van der Waals surface area contributed by atoms with Crippen LogP contribution in [-0.4, -0.2) is 41.5 Å². The second-order valence-electron chi connectivity index (χ2n) is 5.11. The van der Waals surface area contributed by atoms with Crippen LogP contribution in [0.25, 0.3) is 0 Å².